The van der Waals surface area contributed by atoms with E-state index in [9.17, 15) is 26.4 Å². The number of pyridine rings is 1. The monoisotopic (exact) mass is 448 g/mol. The van der Waals surface area contributed by atoms with Gasteiger partial charge in [0.2, 0.25) is 0 Å². The highest BCUT2D eigenvalue weighted by Crippen LogP contribution is 2.33. The summed E-state index contributed by atoms with van der Waals surface area (Å²) in [5, 5.41) is 0. The molecular weight excluding hydrogens is 429 g/mol. The highest BCUT2D eigenvalue weighted by molar-refractivity contribution is 7.92. The van der Waals surface area contributed by atoms with Gasteiger partial charge in [0, 0.05) is 23.5 Å². The van der Waals surface area contributed by atoms with E-state index in [1.807, 2.05) is 6.92 Å². The Hall–Kier alpha value is -3.20. The highest BCUT2D eigenvalue weighted by Gasteiger charge is 2.32. The zero-order valence-corrected chi connectivity index (χ0v) is 17.3. The van der Waals surface area contributed by atoms with Crippen molar-refractivity contribution in [3.8, 4) is 0 Å². The standard InChI is InChI=1S/C22H19F3N2O3S/c1-2-3-15-4-7-18(8-5-15)31(29,30)27-20-9-6-17(22(23,24)25)14-19(20)21(28)16-10-12-26-13-11-16/h4-14,27H,2-3H2,1H3. The maximum absolute atomic E-state index is 13.2. The van der Waals surface area contributed by atoms with Crippen LogP contribution in [0.4, 0.5) is 18.9 Å². The van der Waals surface area contributed by atoms with Gasteiger partial charge in [-0.15, -0.1) is 0 Å². The van der Waals surface area contributed by atoms with Crippen LogP contribution in [0.15, 0.2) is 71.9 Å². The Kier molecular flexibility index (Phi) is 6.45. The number of anilines is 1. The zero-order valence-electron chi connectivity index (χ0n) is 16.5. The van der Waals surface area contributed by atoms with Crippen molar-refractivity contribution in [2.45, 2.75) is 30.8 Å². The minimum Gasteiger partial charge on any atom is -0.289 e. The van der Waals surface area contributed by atoms with Crippen molar-refractivity contribution in [2.24, 2.45) is 0 Å². The second-order valence-electron chi connectivity index (χ2n) is 6.82. The number of hydrogen-bond acceptors (Lipinski definition) is 4. The second kappa shape index (κ2) is 8.89. The summed E-state index contributed by atoms with van der Waals surface area (Å²) in [5.41, 5.74) is -0.667. The first kappa shape index (κ1) is 22.5. The molecular formula is C22H19F3N2O3S. The van der Waals surface area contributed by atoms with Gasteiger partial charge >= 0.3 is 6.18 Å². The molecule has 0 unspecified atom stereocenters. The predicted molar refractivity (Wildman–Crippen MR) is 110 cm³/mol. The number of halogens is 3. The number of aromatic nitrogens is 1. The van der Waals surface area contributed by atoms with Crippen molar-refractivity contribution in [3.63, 3.8) is 0 Å². The molecule has 0 spiro atoms. The topological polar surface area (TPSA) is 76.1 Å². The van der Waals surface area contributed by atoms with E-state index in [2.05, 4.69) is 9.71 Å². The van der Waals surface area contributed by atoms with Crippen molar-refractivity contribution < 1.29 is 26.4 Å². The summed E-state index contributed by atoms with van der Waals surface area (Å²) in [4.78, 5) is 16.6. The van der Waals surface area contributed by atoms with E-state index in [1.54, 1.807) is 12.1 Å². The fourth-order valence-corrected chi connectivity index (χ4v) is 4.06. The summed E-state index contributed by atoms with van der Waals surface area (Å²) in [6.07, 6.45) is -0.363. The van der Waals surface area contributed by atoms with E-state index in [0.29, 0.717) is 6.07 Å². The Bertz CT molecular complexity index is 1180. The molecule has 31 heavy (non-hydrogen) atoms. The second-order valence-corrected chi connectivity index (χ2v) is 8.50. The van der Waals surface area contributed by atoms with E-state index < -0.39 is 33.1 Å². The Morgan fingerprint density at radius 1 is 1.00 bits per heavy atom. The molecule has 1 heterocycles. The fraction of sp³-hybridized carbons (Fsp3) is 0.182. The largest absolute Gasteiger partial charge is 0.416 e. The van der Waals surface area contributed by atoms with Gasteiger partial charge in [-0.1, -0.05) is 25.5 Å². The molecule has 0 aliphatic carbocycles. The number of benzene rings is 2. The lowest BCUT2D eigenvalue weighted by Crippen LogP contribution is -2.17. The van der Waals surface area contributed by atoms with Gasteiger partial charge in [-0.05, 0) is 54.4 Å². The molecule has 0 aliphatic heterocycles. The van der Waals surface area contributed by atoms with Crippen molar-refractivity contribution in [3.05, 3.63) is 89.2 Å². The van der Waals surface area contributed by atoms with Crippen LogP contribution < -0.4 is 4.72 Å². The number of alkyl halides is 3. The SMILES string of the molecule is CCCc1ccc(S(=O)(=O)Nc2ccc(C(F)(F)F)cc2C(=O)c2ccncc2)cc1. The third-order valence-corrected chi connectivity index (χ3v) is 5.93. The smallest absolute Gasteiger partial charge is 0.289 e. The third kappa shape index (κ3) is 5.29. The lowest BCUT2D eigenvalue weighted by atomic mass is 10.00. The Morgan fingerprint density at radius 3 is 2.23 bits per heavy atom. The summed E-state index contributed by atoms with van der Waals surface area (Å²) < 4.78 is 67.5. The number of carbonyl (C=O) groups is 1. The van der Waals surface area contributed by atoms with Gasteiger partial charge in [0.1, 0.15) is 0 Å². The molecule has 1 N–H and O–H groups in total. The number of rotatable bonds is 7. The maximum atomic E-state index is 13.2. The summed E-state index contributed by atoms with van der Waals surface area (Å²) in [6, 6.07) is 11.2. The van der Waals surface area contributed by atoms with Crippen LogP contribution in [0.25, 0.3) is 0 Å². The molecule has 0 amide bonds. The number of carbonyl (C=O) groups excluding carboxylic acids is 1. The summed E-state index contributed by atoms with van der Waals surface area (Å²) in [6.45, 7) is 2.00. The molecule has 0 bridgehead atoms. The van der Waals surface area contributed by atoms with E-state index in [4.69, 9.17) is 0 Å². The predicted octanol–water partition coefficient (Wildman–Crippen LogP) is 5.08. The summed E-state index contributed by atoms with van der Waals surface area (Å²) in [5.74, 6) is -0.760. The molecule has 3 rings (SSSR count). The number of aryl methyl sites for hydroxylation is 1. The van der Waals surface area contributed by atoms with Gasteiger partial charge in [0.05, 0.1) is 16.1 Å². The lowest BCUT2D eigenvalue weighted by Gasteiger charge is -2.15. The van der Waals surface area contributed by atoms with Gasteiger partial charge in [0.15, 0.2) is 5.78 Å². The first-order chi connectivity index (χ1) is 14.6. The van der Waals surface area contributed by atoms with Gasteiger partial charge < -0.3 is 0 Å². The first-order valence-corrected chi connectivity index (χ1v) is 10.9. The van der Waals surface area contributed by atoms with E-state index in [-0.39, 0.29) is 16.1 Å². The van der Waals surface area contributed by atoms with E-state index in [1.165, 1.54) is 36.7 Å². The molecule has 3 aromatic rings. The van der Waals surface area contributed by atoms with Crippen LogP contribution in [0.2, 0.25) is 0 Å². The number of sulfonamides is 1. The normalized spacial score (nSPS) is 11.9. The molecule has 162 valence electrons. The van der Waals surface area contributed by atoms with E-state index >= 15 is 0 Å². The van der Waals surface area contributed by atoms with Crippen LogP contribution in [-0.2, 0) is 22.6 Å². The first-order valence-electron chi connectivity index (χ1n) is 9.39. The fourth-order valence-electron chi connectivity index (χ4n) is 2.98. The van der Waals surface area contributed by atoms with E-state index in [0.717, 1.165) is 30.5 Å². The molecule has 1 aromatic heterocycles. The van der Waals surface area contributed by atoms with Crippen LogP contribution >= 0.6 is 0 Å². The lowest BCUT2D eigenvalue weighted by molar-refractivity contribution is -0.137. The Morgan fingerprint density at radius 2 is 1.65 bits per heavy atom. The number of nitrogens with zero attached hydrogens (tertiary/aromatic N) is 1. The number of nitrogens with one attached hydrogen (secondary N) is 1. The molecule has 0 saturated carbocycles. The van der Waals surface area contributed by atoms with Crippen molar-refractivity contribution in [2.75, 3.05) is 4.72 Å². The third-order valence-electron chi connectivity index (χ3n) is 4.55. The minimum absolute atomic E-state index is 0.0606. The molecule has 0 aliphatic rings. The average Bonchev–Trinajstić information content (AvgIpc) is 2.74. The quantitative estimate of drug-likeness (QED) is 0.511. The Balaban J connectivity index is 2.02. The molecule has 0 atom stereocenters. The molecule has 2 aromatic carbocycles. The summed E-state index contributed by atoms with van der Waals surface area (Å²) >= 11 is 0. The number of hydrogen-bond donors (Lipinski definition) is 1. The van der Waals surface area contributed by atoms with Gasteiger partial charge in [-0.3, -0.25) is 14.5 Å². The number of ketones is 1. The minimum atomic E-state index is -4.69. The van der Waals surface area contributed by atoms with Gasteiger partial charge in [0.25, 0.3) is 10.0 Å². The molecule has 9 heteroatoms. The van der Waals surface area contributed by atoms with Crippen LogP contribution in [-0.4, -0.2) is 19.2 Å². The maximum Gasteiger partial charge on any atom is 0.416 e. The summed E-state index contributed by atoms with van der Waals surface area (Å²) in [7, 11) is -4.13. The molecule has 0 saturated heterocycles. The van der Waals surface area contributed by atoms with Gasteiger partial charge in [-0.2, -0.15) is 13.2 Å². The van der Waals surface area contributed by atoms with Crippen LogP contribution in [0.5, 0.6) is 0 Å². The molecule has 0 radical (unpaired) electrons. The van der Waals surface area contributed by atoms with Crippen molar-refractivity contribution in [1.82, 2.24) is 4.98 Å². The van der Waals surface area contributed by atoms with Crippen LogP contribution in [0.3, 0.4) is 0 Å². The zero-order chi connectivity index (χ0) is 22.6. The van der Waals surface area contributed by atoms with Crippen molar-refractivity contribution >= 4 is 21.5 Å². The molecule has 5 nitrogen and oxygen atoms in total. The van der Waals surface area contributed by atoms with Crippen molar-refractivity contribution in [1.29, 1.82) is 0 Å². The average molecular weight is 448 g/mol. The van der Waals surface area contributed by atoms with Crippen LogP contribution in [0.1, 0.15) is 40.4 Å². The molecule has 0 fully saturated rings. The Labute approximate surface area is 178 Å². The highest BCUT2D eigenvalue weighted by atomic mass is 32.2. The van der Waals surface area contributed by atoms with Crippen LogP contribution in [0, 0.1) is 0 Å². The van der Waals surface area contributed by atoms with Gasteiger partial charge in [-0.25, -0.2) is 8.42 Å².